The Morgan fingerprint density at radius 1 is 1.00 bits per heavy atom. The number of benzene rings is 2. The van der Waals surface area contributed by atoms with Gasteiger partial charge in [-0.1, -0.05) is 50.2 Å². The molecule has 2 aromatic carbocycles. The van der Waals surface area contributed by atoms with Crippen molar-refractivity contribution < 1.29 is 23.9 Å². The van der Waals surface area contributed by atoms with Crippen LogP contribution in [-0.4, -0.2) is 36.0 Å². The molecule has 7 nitrogen and oxygen atoms in total. The molecule has 0 radical (unpaired) electrons. The second-order valence-electron chi connectivity index (χ2n) is 9.16. The zero-order chi connectivity index (χ0) is 24.4. The first-order chi connectivity index (χ1) is 15.6. The third-order valence-corrected chi connectivity index (χ3v) is 4.72. The maximum atomic E-state index is 12.8. The van der Waals surface area contributed by atoms with Gasteiger partial charge in [0.25, 0.3) is 0 Å². The first kappa shape index (κ1) is 26.2. The van der Waals surface area contributed by atoms with E-state index in [1.807, 2.05) is 83.1 Å². The molecule has 0 bridgehead atoms. The highest BCUT2D eigenvalue weighted by atomic mass is 16.7. The van der Waals surface area contributed by atoms with Gasteiger partial charge in [0.1, 0.15) is 6.61 Å². The molecule has 0 saturated heterocycles. The lowest BCUT2D eigenvalue weighted by Gasteiger charge is -2.25. The minimum Gasteiger partial charge on any atom is -0.493 e. The number of rotatable bonds is 11. The highest BCUT2D eigenvalue weighted by Crippen LogP contribution is 2.29. The van der Waals surface area contributed by atoms with Gasteiger partial charge in [0.05, 0.1) is 12.7 Å². The molecule has 180 valence electrons. The highest BCUT2D eigenvalue weighted by Gasteiger charge is 2.20. The lowest BCUT2D eigenvalue weighted by molar-refractivity contribution is -0.146. The zero-order valence-corrected chi connectivity index (χ0v) is 20.5. The lowest BCUT2D eigenvalue weighted by atomic mass is 10.1. The van der Waals surface area contributed by atoms with Crippen molar-refractivity contribution in [3.8, 4) is 11.5 Å². The van der Waals surface area contributed by atoms with Crippen LogP contribution in [0.4, 0.5) is 0 Å². The van der Waals surface area contributed by atoms with Crippen molar-refractivity contribution in [1.29, 1.82) is 0 Å². The number of hydroxylamine groups is 1. The lowest BCUT2D eigenvalue weighted by Crippen LogP contribution is -2.38. The van der Waals surface area contributed by atoms with Crippen LogP contribution in [0.2, 0.25) is 0 Å². The number of hydrogen-bond acceptors (Lipinski definition) is 5. The molecular weight excluding hydrogens is 420 g/mol. The predicted molar refractivity (Wildman–Crippen MR) is 128 cm³/mol. The summed E-state index contributed by atoms with van der Waals surface area (Å²) in [6.45, 7) is 10.3. The zero-order valence-electron chi connectivity index (χ0n) is 20.5. The molecule has 33 heavy (non-hydrogen) atoms. The van der Waals surface area contributed by atoms with Crippen LogP contribution in [-0.2, 0) is 27.6 Å². The molecule has 0 atom stereocenters. The van der Waals surface area contributed by atoms with E-state index in [0.717, 1.165) is 11.1 Å². The van der Waals surface area contributed by atoms with Crippen molar-refractivity contribution in [3.63, 3.8) is 0 Å². The van der Waals surface area contributed by atoms with Gasteiger partial charge >= 0.3 is 0 Å². The van der Waals surface area contributed by atoms with E-state index in [-0.39, 0.29) is 30.7 Å². The topological polar surface area (TPSA) is 77.1 Å². The van der Waals surface area contributed by atoms with Crippen molar-refractivity contribution in [1.82, 2.24) is 10.4 Å². The normalized spacial score (nSPS) is 11.2. The van der Waals surface area contributed by atoms with Gasteiger partial charge in [-0.2, -0.15) is 0 Å². The maximum Gasteiger partial charge on any atom is 0.245 e. The van der Waals surface area contributed by atoms with Gasteiger partial charge in [0, 0.05) is 25.4 Å². The van der Waals surface area contributed by atoms with Crippen LogP contribution in [0.15, 0.2) is 48.5 Å². The van der Waals surface area contributed by atoms with Crippen LogP contribution < -0.4 is 15.0 Å². The molecule has 0 heterocycles. The molecule has 0 unspecified atom stereocenters. The van der Waals surface area contributed by atoms with E-state index in [9.17, 15) is 9.59 Å². The van der Waals surface area contributed by atoms with Crippen molar-refractivity contribution in [3.05, 3.63) is 59.7 Å². The van der Waals surface area contributed by atoms with Gasteiger partial charge in [0.2, 0.25) is 11.8 Å². The minimum absolute atomic E-state index is 0.0251. The summed E-state index contributed by atoms with van der Waals surface area (Å²) in [6.07, 6.45) is 0.143. The van der Waals surface area contributed by atoms with E-state index in [0.29, 0.717) is 24.7 Å². The number of carbonyl (C=O) groups excluding carboxylic acids is 2. The Morgan fingerprint density at radius 2 is 1.70 bits per heavy atom. The van der Waals surface area contributed by atoms with E-state index >= 15 is 0 Å². The predicted octanol–water partition coefficient (Wildman–Crippen LogP) is 4.50. The molecule has 7 heteroatoms. The van der Waals surface area contributed by atoms with Crippen molar-refractivity contribution >= 4 is 11.8 Å². The van der Waals surface area contributed by atoms with E-state index in [2.05, 4.69) is 5.48 Å². The van der Waals surface area contributed by atoms with Gasteiger partial charge in [-0.05, 0) is 44.0 Å². The molecule has 0 saturated carbocycles. The minimum atomic E-state index is -0.482. The summed E-state index contributed by atoms with van der Waals surface area (Å²) in [5, 5.41) is 0. The van der Waals surface area contributed by atoms with Crippen LogP contribution in [0.1, 0.15) is 52.2 Å². The Hall–Kier alpha value is -3.06. The number of methoxy groups -OCH3 is 1. The molecule has 0 aliphatic carbocycles. The number of nitrogens with one attached hydrogen (secondary N) is 1. The fraction of sp³-hybridized carbons (Fsp3) is 0.462. The second-order valence-corrected chi connectivity index (χ2v) is 9.16. The number of hydrogen-bond donors (Lipinski definition) is 1. The maximum absolute atomic E-state index is 12.8. The van der Waals surface area contributed by atoms with E-state index in [4.69, 9.17) is 14.3 Å². The molecule has 0 fully saturated rings. The highest BCUT2D eigenvalue weighted by molar-refractivity contribution is 5.80. The van der Waals surface area contributed by atoms with Gasteiger partial charge in [-0.25, -0.2) is 5.48 Å². The van der Waals surface area contributed by atoms with Crippen LogP contribution in [0.3, 0.4) is 0 Å². The summed E-state index contributed by atoms with van der Waals surface area (Å²) < 4.78 is 11.4. The standard InChI is InChI=1S/C26H36N2O5/c1-19(2)25(30)28(15-14-24(29)27-33-26(3,4)5)17-21-12-13-22(23(16-21)31-6)32-18-20-10-8-7-9-11-20/h7-13,16,19H,14-15,17-18H2,1-6H3,(H,27,29). The largest absolute Gasteiger partial charge is 0.493 e. The molecule has 0 spiro atoms. The Labute approximate surface area is 197 Å². The van der Waals surface area contributed by atoms with E-state index < -0.39 is 5.60 Å². The molecular formula is C26H36N2O5. The summed E-state index contributed by atoms with van der Waals surface area (Å²) in [5.74, 6) is 0.744. The quantitative estimate of drug-likeness (QED) is 0.504. The van der Waals surface area contributed by atoms with Crippen LogP contribution >= 0.6 is 0 Å². The molecule has 2 amide bonds. The van der Waals surface area contributed by atoms with Crippen molar-refractivity contribution in [2.45, 2.75) is 59.8 Å². The first-order valence-electron chi connectivity index (χ1n) is 11.2. The molecule has 1 N–H and O–H groups in total. The van der Waals surface area contributed by atoms with Crippen LogP contribution in [0.5, 0.6) is 11.5 Å². The molecule has 0 aromatic heterocycles. The van der Waals surface area contributed by atoms with Gasteiger partial charge in [0.15, 0.2) is 11.5 Å². The summed E-state index contributed by atoms with van der Waals surface area (Å²) in [5.41, 5.74) is 3.92. The first-order valence-corrected chi connectivity index (χ1v) is 11.2. The Bertz CT molecular complexity index is 907. The van der Waals surface area contributed by atoms with Crippen LogP contribution in [0.25, 0.3) is 0 Å². The van der Waals surface area contributed by atoms with Gasteiger partial charge in [-0.15, -0.1) is 0 Å². The van der Waals surface area contributed by atoms with Gasteiger partial charge in [-0.3, -0.25) is 14.4 Å². The fourth-order valence-corrected chi connectivity index (χ4v) is 3.02. The Balaban J connectivity index is 2.05. The number of ether oxygens (including phenoxy) is 2. The van der Waals surface area contributed by atoms with Crippen LogP contribution in [0, 0.1) is 5.92 Å². The summed E-state index contributed by atoms with van der Waals surface area (Å²) in [6, 6.07) is 15.5. The third-order valence-electron chi connectivity index (χ3n) is 4.72. The number of carbonyl (C=O) groups is 2. The molecule has 0 aliphatic heterocycles. The Kier molecular flexibility index (Phi) is 9.73. The van der Waals surface area contributed by atoms with Gasteiger partial charge < -0.3 is 14.4 Å². The Morgan fingerprint density at radius 3 is 2.30 bits per heavy atom. The SMILES string of the molecule is COc1cc(CN(CCC(=O)NOC(C)(C)C)C(=O)C(C)C)ccc1OCc1ccccc1. The van der Waals surface area contributed by atoms with Crippen molar-refractivity contribution in [2.24, 2.45) is 5.92 Å². The number of nitrogens with zero attached hydrogens (tertiary/aromatic N) is 1. The monoisotopic (exact) mass is 456 g/mol. The molecule has 2 rings (SSSR count). The summed E-state index contributed by atoms with van der Waals surface area (Å²) in [4.78, 5) is 31.9. The molecule has 2 aromatic rings. The third kappa shape index (κ3) is 9.14. The average molecular weight is 457 g/mol. The summed E-state index contributed by atoms with van der Waals surface area (Å²) in [7, 11) is 1.59. The second kappa shape index (κ2) is 12.3. The van der Waals surface area contributed by atoms with E-state index in [1.165, 1.54) is 0 Å². The number of amides is 2. The summed E-state index contributed by atoms with van der Waals surface area (Å²) >= 11 is 0. The van der Waals surface area contributed by atoms with Crippen molar-refractivity contribution in [2.75, 3.05) is 13.7 Å². The van der Waals surface area contributed by atoms with E-state index in [1.54, 1.807) is 12.0 Å². The molecule has 0 aliphatic rings. The fourth-order valence-electron chi connectivity index (χ4n) is 3.02. The average Bonchev–Trinajstić information content (AvgIpc) is 2.78. The smallest absolute Gasteiger partial charge is 0.245 e.